The molecule has 0 spiro atoms. The highest BCUT2D eigenvalue weighted by Gasteiger charge is 2.27. The molecule has 1 aliphatic heterocycles. The van der Waals surface area contributed by atoms with Gasteiger partial charge in [-0.2, -0.15) is 4.80 Å². The highest BCUT2D eigenvalue weighted by atomic mass is 32.2. The first-order valence-electron chi connectivity index (χ1n) is 11.1. The van der Waals surface area contributed by atoms with Crippen molar-refractivity contribution < 1.29 is 8.42 Å². The molecule has 2 aromatic rings. The molecule has 0 radical (unpaired) electrons. The fourth-order valence-corrected chi connectivity index (χ4v) is 5.45. The van der Waals surface area contributed by atoms with Crippen molar-refractivity contribution in [2.75, 3.05) is 20.1 Å². The Morgan fingerprint density at radius 2 is 2.00 bits per heavy atom. The third-order valence-electron chi connectivity index (χ3n) is 6.59. The maximum Gasteiger partial charge on any atom is 0.240 e. The van der Waals surface area contributed by atoms with Crippen LogP contribution in [0.25, 0.3) is 11.4 Å². The number of rotatable bonds is 7. The predicted octanol–water partition coefficient (Wildman–Crippen LogP) is 3.15. The van der Waals surface area contributed by atoms with Gasteiger partial charge in [0.1, 0.15) is 0 Å². The Morgan fingerprint density at radius 1 is 1.23 bits per heavy atom. The molecule has 0 bridgehead atoms. The van der Waals surface area contributed by atoms with Crippen LogP contribution in [0.15, 0.2) is 35.4 Å². The second kappa shape index (κ2) is 9.08. The fraction of sp³-hybridized carbons (Fsp3) is 0.591. The van der Waals surface area contributed by atoms with E-state index in [-0.39, 0.29) is 10.9 Å². The lowest BCUT2D eigenvalue weighted by Crippen LogP contribution is -2.20. The van der Waals surface area contributed by atoms with Crippen molar-refractivity contribution >= 4 is 10.0 Å². The number of sulfonamides is 1. The van der Waals surface area contributed by atoms with Crippen LogP contribution in [0.1, 0.15) is 57.1 Å². The van der Waals surface area contributed by atoms with Crippen molar-refractivity contribution in [3.63, 3.8) is 0 Å². The van der Waals surface area contributed by atoms with E-state index in [0.717, 1.165) is 42.8 Å². The smallest absolute Gasteiger partial charge is 0.240 e. The number of nitrogens with one attached hydrogen (secondary N) is 1. The predicted molar refractivity (Wildman–Crippen MR) is 120 cm³/mol. The molecule has 1 unspecified atom stereocenters. The molecule has 1 aromatic heterocycles. The van der Waals surface area contributed by atoms with Gasteiger partial charge in [-0.25, -0.2) is 13.1 Å². The Labute approximate surface area is 184 Å². The summed E-state index contributed by atoms with van der Waals surface area (Å²) in [5, 5.41) is 13.3. The van der Waals surface area contributed by atoms with Gasteiger partial charge in [0.05, 0.1) is 10.9 Å². The van der Waals surface area contributed by atoms with E-state index in [1.54, 1.807) is 16.9 Å². The van der Waals surface area contributed by atoms with Crippen LogP contribution in [-0.4, -0.2) is 53.7 Å². The lowest BCUT2D eigenvalue weighted by Gasteiger charge is -2.22. The van der Waals surface area contributed by atoms with Gasteiger partial charge in [0.25, 0.3) is 0 Å². The minimum Gasteiger partial charge on any atom is -0.373 e. The average Bonchev–Trinajstić information content (AvgIpc) is 3.44. The molecule has 2 fully saturated rings. The molecule has 1 saturated carbocycles. The largest absolute Gasteiger partial charge is 0.373 e. The molecule has 1 atom stereocenters. The maximum absolute atomic E-state index is 12.4. The fourth-order valence-electron chi connectivity index (χ4n) is 4.69. The van der Waals surface area contributed by atoms with Gasteiger partial charge in [-0.15, -0.1) is 10.2 Å². The van der Waals surface area contributed by atoms with Gasteiger partial charge in [0.2, 0.25) is 15.8 Å². The van der Waals surface area contributed by atoms with Crippen LogP contribution in [-0.2, 0) is 16.4 Å². The quantitative estimate of drug-likeness (QED) is 0.705. The standard InChI is InChI=1S/C22H32N6O2S/c1-16(2)27-12-11-19(15-27)28-25-22(24-26-28)21-14-20(31(29,30)23-3)10-9-18(21)13-17-7-5-4-6-8-17/h9-10,14,17,19,23H,1,4-8,11-13,15H2,2-3H3. The molecule has 1 saturated heterocycles. The van der Waals surface area contributed by atoms with Crippen LogP contribution in [0.2, 0.25) is 0 Å². The van der Waals surface area contributed by atoms with Gasteiger partial charge in [-0.05, 0) is 55.6 Å². The van der Waals surface area contributed by atoms with E-state index in [9.17, 15) is 8.42 Å². The van der Waals surface area contributed by atoms with E-state index >= 15 is 0 Å². The summed E-state index contributed by atoms with van der Waals surface area (Å²) in [7, 11) is -2.13. The molecule has 1 N–H and O–H groups in total. The van der Waals surface area contributed by atoms with Crippen LogP contribution in [0.5, 0.6) is 0 Å². The highest BCUT2D eigenvalue weighted by molar-refractivity contribution is 7.89. The highest BCUT2D eigenvalue weighted by Crippen LogP contribution is 2.32. The lowest BCUT2D eigenvalue weighted by molar-refractivity contribution is 0.357. The molecule has 4 rings (SSSR count). The second-order valence-corrected chi connectivity index (χ2v) is 10.7. The number of nitrogens with zero attached hydrogens (tertiary/aromatic N) is 5. The van der Waals surface area contributed by atoms with E-state index in [2.05, 4.69) is 31.6 Å². The Kier molecular flexibility index (Phi) is 6.43. The van der Waals surface area contributed by atoms with E-state index in [1.165, 1.54) is 39.2 Å². The summed E-state index contributed by atoms with van der Waals surface area (Å²) in [5.74, 6) is 1.11. The summed E-state index contributed by atoms with van der Waals surface area (Å²) in [5.41, 5.74) is 2.90. The van der Waals surface area contributed by atoms with Gasteiger partial charge in [0, 0.05) is 24.4 Å². The van der Waals surface area contributed by atoms with Crippen molar-refractivity contribution in [2.24, 2.45) is 5.92 Å². The Hall–Kier alpha value is -2.26. The number of aromatic nitrogens is 4. The van der Waals surface area contributed by atoms with Crippen molar-refractivity contribution in [1.29, 1.82) is 0 Å². The number of hydrogen-bond donors (Lipinski definition) is 1. The average molecular weight is 445 g/mol. The first-order valence-corrected chi connectivity index (χ1v) is 12.6. The topological polar surface area (TPSA) is 93.0 Å². The Bertz CT molecular complexity index is 1040. The van der Waals surface area contributed by atoms with E-state index in [4.69, 9.17) is 0 Å². The monoisotopic (exact) mass is 444 g/mol. The molecule has 31 heavy (non-hydrogen) atoms. The molecule has 1 aliphatic carbocycles. The molecule has 0 amide bonds. The minimum atomic E-state index is -3.55. The molecule has 1 aromatic carbocycles. The zero-order valence-corrected chi connectivity index (χ0v) is 19.2. The van der Waals surface area contributed by atoms with Gasteiger partial charge >= 0.3 is 0 Å². The Balaban J connectivity index is 1.65. The summed E-state index contributed by atoms with van der Waals surface area (Å²) in [6, 6.07) is 5.44. The molecule has 2 aliphatic rings. The SMILES string of the molecule is C=C(C)N1CCC(n2nnc(-c3cc(S(=O)(=O)NC)ccc3CC3CCCCC3)n2)C1. The maximum atomic E-state index is 12.4. The second-order valence-electron chi connectivity index (χ2n) is 8.79. The Morgan fingerprint density at radius 3 is 2.68 bits per heavy atom. The third kappa shape index (κ3) is 4.82. The number of tetrazole rings is 1. The summed E-state index contributed by atoms with van der Waals surface area (Å²) < 4.78 is 27.2. The molecular weight excluding hydrogens is 412 g/mol. The van der Waals surface area contributed by atoms with Crippen molar-refractivity contribution in [1.82, 2.24) is 29.8 Å². The number of benzene rings is 1. The van der Waals surface area contributed by atoms with Gasteiger partial charge in [0.15, 0.2) is 0 Å². The first kappa shape index (κ1) is 22.0. The summed E-state index contributed by atoms with van der Waals surface area (Å²) in [4.78, 5) is 4.13. The van der Waals surface area contributed by atoms with Crippen LogP contribution < -0.4 is 4.72 Å². The number of allylic oxidation sites excluding steroid dienone is 1. The number of hydrogen-bond acceptors (Lipinski definition) is 6. The molecule has 2 heterocycles. The van der Waals surface area contributed by atoms with E-state index in [1.807, 2.05) is 13.0 Å². The molecule has 8 nitrogen and oxygen atoms in total. The lowest BCUT2D eigenvalue weighted by atomic mass is 9.84. The van der Waals surface area contributed by atoms with Crippen molar-refractivity contribution in [3.8, 4) is 11.4 Å². The van der Waals surface area contributed by atoms with Crippen molar-refractivity contribution in [2.45, 2.75) is 62.8 Å². The van der Waals surface area contributed by atoms with Crippen LogP contribution >= 0.6 is 0 Å². The van der Waals surface area contributed by atoms with E-state index < -0.39 is 10.0 Å². The first-order chi connectivity index (χ1) is 14.9. The molecule has 168 valence electrons. The van der Waals surface area contributed by atoms with Crippen LogP contribution in [0.4, 0.5) is 0 Å². The van der Waals surface area contributed by atoms with Gasteiger partial charge in [-0.1, -0.05) is 44.7 Å². The van der Waals surface area contributed by atoms with Crippen LogP contribution in [0.3, 0.4) is 0 Å². The van der Waals surface area contributed by atoms with Crippen LogP contribution in [0, 0.1) is 5.92 Å². The van der Waals surface area contributed by atoms with E-state index in [0.29, 0.717) is 11.7 Å². The summed E-state index contributed by atoms with van der Waals surface area (Å²) in [6.45, 7) is 7.77. The van der Waals surface area contributed by atoms with Gasteiger partial charge < -0.3 is 4.90 Å². The minimum absolute atomic E-state index is 0.143. The summed E-state index contributed by atoms with van der Waals surface area (Å²) in [6.07, 6.45) is 8.12. The molecular formula is C22H32N6O2S. The zero-order valence-electron chi connectivity index (χ0n) is 18.4. The zero-order chi connectivity index (χ0) is 22.0. The summed E-state index contributed by atoms with van der Waals surface area (Å²) >= 11 is 0. The third-order valence-corrected chi connectivity index (χ3v) is 8.00. The van der Waals surface area contributed by atoms with Gasteiger partial charge in [-0.3, -0.25) is 0 Å². The number of likely N-dealkylation sites (tertiary alicyclic amines) is 1. The van der Waals surface area contributed by atoms with Crippen molar-refractivity contribution in [3.05, 3.63) is 36.0 Å². The molecule has 9 heteroatoms. The normalized spacial score (nSPS) is 20.3.